The SMILES string of the molecule is COC(=O)COC1=C([P+](c2ccccc2)(c2ccccc2)c2ccccc2)CCC1. The van der Waals surface area contributed by atoms with Gasteiger partial charge in [0.1, 0.15) is 34.2 Å². The summed E-state index contributed by atoms with van der Waals surface area (Å²) in [5.41, 5.74) is 0. The van der Waals surface area contributed by atoms with E-state index in [1.54, 1.807) is 0 Å². The Labute approximate surface area is 178 Å². The minimum absolute atomic E-state index is 0.0479. The first-order valence-corrected chi connectivity index (χ1v) is 12.0. The molecule has 0 spiro atoms. The van der Waals surface area contributed by atoms with Crippen LogP contribution in [0.3, 0.4) is 0 Å². The summed E-state index contributed by atoms with van der Waals surface area (Å²) in [6.45, 7) is -0.0479. The molecule has 0 N–H and O–H groups in total. The molecule has 0 bridgehead atoms. The van der Waals surface area contributed by atoms with Crippen LogP contribution in [0.25, 0.3) is 0 Å². The van der Waals surface area contributed by atoms with Crippen molar-refractivity contribution < 1.29 is 14.3 Å². The van der Waals surface area contributed by atoms with E-state index in [1.165, 1.54) is 28.3 Å². The first-order chi connectivity index (χ1) is 14.8. The Hall–Kier alpha value is -2.90. The Kier molecular flexibility index (Phi) is 6.30. The van der Waals surface area contributed by atoms with E-state index in [0.717, 1.165) is 25.0 Å². The van der Waals surface area contributed by atoms with Gasteiger partial charge < -0.3 is 9.47 Å². The second kappa shape index (κ2) is 9.28. The first kappa shape index (κ1) is 20.4. The molecule has 4 rings (SSSR count). The lowest BCUT2D eigenvalue weighted by molar-refractivity contribution is -0.144. The normalized spacial score (nSPS) is 13.9. The topological polar surface area (TPSA) is 35.5 Å². The van der Waals surface area contributed by atoms with Gasteiger partial charge in [-0.25, -0.2) is 4.79 Å². The molecule has 0 saturated carbocycles. The third-order valence-electron chi connectivity index (χ3n) is 5.57. The van der Waals surface area contributed by atoms with Crippen molar-refractivity contribution in [2.24, 2.45) is 0 Å². The molecule has 0 unspecified atom stereocenters. The second-order valence-corrected chi connectivity index (χ2v) is 10.7. The van der Waals surface area contributed by atoms with Crippen LogP contribution < -0.4 is 15.9 Å². The highest BCUT2D eigenvalue weighted by Gasteiger charge is 2.52. The van der Waals surface area contributed by atoms with E-state index < -0.39 is 7.26 Å². The fourth-order valence-electron chi connectivity index (χ4n) is 4.28. The summed E-state index contributed by atoms with van der Waals surface area (Å²) in [5.74, 6) is 0.599. The number of benzene rings is 3. The van der Waals surface area contributed by atoms with Gasteiger partial charge in [0.25, 0.3) is 0 Å². The van der Waals surface area contributed by atoms with Gasteiger partial charge in [-0.15, -0.1) is 0 Å². The van der Waals surface area contributed by atoms with Crippen molar-refractivity contribution in [2.75, 3.05) is 13.7 Å². The predicted molar refractivity (Wildman–Crippen MR) is 124 cm³/mol. The molecule has 1 aliphatic rings. The highest BCUT2D eigenvalue weighted by molar-refractivity contribution is 7.99. The lowest BCUT2D eigenvalue weighted by Crippen LogP contribution is -2.32. The van der Waals surface area contributed by atoms with Crippen LogP contribution in [0.5, 0.6) is 0 Å². The maximum atomic E-state index is 11.8. The van der Waals surface area contributed by atoms with Crippen molar-refractivity contribution in [3.05, 3.63) is 102 Å². The van der Waals surface area contributed by atoms with Crippen LogP contribution in [0.15, 0.2) is 102 Å². The van der Waals surface area contributed by atoms with E-state index in [1.807, 2.05) is 0 Å². The van der Waals surface area contributed by atoms with Crippen LogP contribution >= 0.6 is 7.26 Å². The Morgan fingerprint density at radius 1 is 0.767 bits per heavy atom. The van der Waals surface area contributed by atoms with Gasteiger partial charge in [-0.3, -0.25) is 0 Å². The number of hydrogen-bond acceptors (Lipinski definition) is 3. The lowest BCUT2D eigenvalue weighted by atomic mass is 10.3. The summed E-state index contributed by atoms with van der Waals surface area (Å²) in [6.07, 6.45) is 2.84. The monoisotopic (exact) mass is 417 g/mol. The van der Waals surface area contributed by atoms with Gasteiger partial charge >= 0.3 is 5.97 Å². The van der Waals surface area contributed by atoms with Gasteiger partial charge in [-0.05, 0) is 42.8 Å². The fourth-order valence-corrected chi connectivity index (χ4v) is 9.02. The van der Waals surface area contributed by atoms with Crippen LogP contribution in [0, 0.1) is 0 Å². The Balaban J connectivity index is 1.99. The first-order valence-electron chi connectivity index (χ1n) is 10.2. The fraction of sp³-hybridized carbons (Fsp3) is 0.192. The minimum Gasteiger partial charge on any atom is -0.482 e. The van der Waals surface area contributed by atoms with E-state index in [-0.39, 0.29) is 12.6 Å². The van der Waals surface area contributed by atoms with Crippen molar-refractivity contribution in [1.29, 1.82) is 0 Å². The standard InChI is InChI=1S/C26H26O3P/c1-28-26(27)20-29-24-18-11-19-25(24)30(21-12-5-2-6-13-21,22-14-7-3-8-15-22)23-16-9-4-10-17-23/h2-10,12-17H,11,18-20H2,1H3/q+1. The molecule has 30 heavy (non-hydrogen) atoms. The van der Waals surface area contributed by atoms with E-state index in [9.17, 15) is 4.79 Å². The summed E-state index contributed by atoms with van der Waals surface area (Å²) in [4.78, 5) is 11.8. The largest absolute Gasteiger partial charge is 0.482 e. The molecule has 0 saturated heterocycles. The average Bonchev–Trinajstić information content (AvgIpc) is 3.29. The zero-order chi connectivity index (χ0) is 20.8. The van der Waals surface area contributed by atoms with Gasteiger partial charge in [-0.1, -0.05) is 54.6 Å². The predicted octanol–water partition coefficient (Wildman–Crippen LogP) is 4.57. The molecule has 152 valence electrons. The zero-order valence-corrected chi connectivity index (χ0v) is 18.1. The third-order valence-corrected chi connectivity index (χ3v) is 10.1. The van der Waals surface area contributed by atoms with Gasteiger partial charge in [0.2, 0.25) is 0 Å². The highest BCUT2D eigenvalue weighted by atomic mass is 31.2. The lowest BCUT2D eigenvalue weighted by Gasteiger charge is -2.29. The number of carbonyl (C=O) groups is 1. The molecule has 1 aliphatic carbocycles. The molecular weight excluding hydrogens is 391 g/mol. The number of hydrogen-bond donors (Lipinski definition) is 0. The Morgan fingerprint density at radius 2 is 1.23 bits per heavy atom. The van der Waals surface area contributed by atoms with E-state index in [2.05, 4.69) is 91.0 Å². The molecule has 3 aromatic rings. The molecule has 3 aromatic carbocycles. The Bertz CT molecular complexity index is 917. The van der Waals surface area contributed by atoms with Gasteiger partial charge in [-0.2, -0.15) is 0 Å². The maximum Gasteiger partial charge on any atom is 0.343 e. The van der Waals surface area contributed by atoms with Gasteiger partial charge in [0.15, 0.2) is 6.61 Å². The minimum atomic E-state index is -2.12. The zero-order valence-electron chi connectivity index (χ0n) is 17.2. The van der Waals surface area contributed by atoms with Crippen molar-refractivity contribution >= 4 is 29.1 Å². The van der Waals surface area contributed by atoms with Crippen LogP contribution in [-0.4, -0.2) is 19.7 Å². The van der Waals surface area contributed by atoms with Crippen molar-refractivity contribution in [3.8, 4) is 0 Å². The van der Waals surface area contributed by atoms with E-state index >= 15 is 0 Å². The molecule has 0 fully saturated rings. The van der Waals surface area contributed by atoms with E-state index in [4.69, 9.17) is 9.47 Å². The van der Waals surface area contributed by atoms with Crippen LogP contribution in [0.4, 0.5) is 0 Å². The summed E-state index contributed by atoms with van der Waals surface area (Å²) in [5, 5.41) is 5.24. The number of carbonyl (C=O) groups excluding carboxylic acids is 1. The summed E-state index contributed by atoms with van der Waals surface area (Å²) < 4.78 is 10.9. The number of methoxy groups -OCH3 is 1. The molecule has 0 radical (unpaired) electrons. The summed E-state index contributed by atoms with van der Waals surface area (Å²) in [7, 11) is -0.729. The van der Waals surface area contributed by atoms with Crippen molar-refractivity contribution in [1.82, 2.24) is 0 Å². The number of allylic oxidation sites excluding steroid dienone is 2. The van der Waals surface area contributed by atoms with Crippen molar-refractivity contribution in [3.63, 3.8) is 0 Å². The summed E-state index contributed by atoms with van der Waals surface area (Å²) in [6, 6.07) is 32.3. The van der Waals surface area contributed by atoms with E-state index in [0.29, 0.717) is 0 Å². The van der Waals surface area contributed by atoms with Crippen LogP contribution in [-0.2, 0) is 14.3 Å². The average molecular weight is 417 g/mol. The van der Waals surface area contributed by atoms with Crippen LogP contribution in [0.1, 0.15) is 19.3 Å². The maximum absolute atomic E-state index is 11.8. The Morgan fingerprint density at radius 3 is 1.67 bits per heavy atom. The smallest absolute Gasteiger partial charge is 0.343 e. The molecule has 0 heterocycles. The number of rotatable bonds is 7. The molecule has 3 nitrogen and oxygen atoms in total. The quantitative estimate of drug-likeness (QED) is 0.418. The molecular formula is C26H26O3P+. The third kappa shape index (κ3) is 3.78. The van der Waals surface area contributed by atoms with Crippen molar-refractivity contribution in [2.45, 2.75) is 19.3 Å². The highest BCUT2D eigenvalue weighted by Crippen LogP contribution is 2.66. The molecule has 4 heteroatoms. The summed E-state index contributed by atoms with van der Waals surface area (Å²) >= 11 is 0. The number of ether oxygens (including phenoxy) is 2. The van der Waals surface area contributed by atoms with Gasteiger partial charge in [0.05, 0.1) is 7.11 Å². The molecule has 0 atom stereocenters. The molecule has 0 aliphatic heterocycles. The van der Waals surface area contributed by atoms with Crippen LogP contribution in [0.2, 0.25) is 0 Å². The number of esters is 1. The molecule has 0 aromatic heterocycles. The molecule has 0 amide bonds. The second-order valence-electron chi connectivity index (χ2n) is 7.27. The van der Waals surface area contributed by atoms with Gasteiger partial charge in [0, 0.05) is 12.8 Å².